The van der Waals surface area contributed by atoms with Crippen LogP contribution < -0.4 is 5.32 Å². The van der Waals surface area contributed by atoms with Crippen molar-refractivity contribution in [2.75, 3.05) is 33.5 Å². The summed E-state index contributed by atoms with van der Waals surface area (Å²) >= 11 is 1.73. The van der Waals surface area contributed by atoms with E-state index in [1.54, 1.807) is 18.4 Å². The van der Waals surface area contributed by atoms with Crippen LogP contribution in [0.15, 0.2) is 6.20 Å². The van der Waals surface area contributed by atoms with Gasteiger partial charge in [-0.1, -0.05) is 0 Å². The van der Waals surface area contributed by atoms with E-state index in [1.807, 2.05) is 13.1 Å². The summed E-state index contributed by atoms with van der Waals surface area (Å²) in [4.78, 5) is 5.45. The molecule has 4 nitrogen and oxygen atoms in total. The summed E-state index contributed by atoms with van der Waals surface area (Å²) in [7, 11) is 1.67. The minimum atomic E-state index is 0.661. The average molecular weight is 230 g/mol. The Bertz CT molecular complexity index is 266. The van der Waals surface area contributed by atoms with Crippen molar-refractivity contribution in [3.8, 4) is 0 Å². The molecular formula is C10H18N2O2S. The van der Waals surface area contributed by atoms with E-state index < -0.39 is 0 Å². The molecule has 0 aromatic carbocycles. The smallest absolute Gasteiger partial charge is 0.0897 e. The number of hydrogen-bond acceptors (Lipinski definition) is 5. The van der Waals surface area contributed by atoms with Crippen LogP contribution in [-0.4, -0.2) is 38.5 Å². The summed E-state index contributed by atoms with van der Waals surface area (Å²) in [6, 6.07) is 0. The van der Waals surface area contributed by atoms with Gasteiger partial charge >= 0.3 is 0 Å². The van der Waals surface area contributed by atoms with E-state index in [-0.39, 0.29) is 0 Å². The molecule has 1 N–H and O–H groups in total. The number of hydrogen-bond donors (Lipinski definition) is 1. The number of thiazole rings is 1. The Morgan fingerprint density at radius 1 is 1.40 bits per heavy atom. The molecule has 0 bridgehead atoms. The first-order valence-corrected chi connectivity index (χ1v) is 5.83. The van der Waals surface area contributed by atoms with Crippen LogP contribution in [0, 0.1) is 6.92 Å². The zero-order valence-corrected chi connectivity index (χ0v) is 10.1. The van der Waals surface area contributed by atoms with Gasteiger partial charge < -0.3 is 14.8 Å². The second-order valence-electron chi connectivity index (χ2n) is 3.13. The molecule has 0 saturated carbocycles. The maximum Gasteiger partial charge on any atom is 0.0897 e. The molecule has 0 amide bonds. The van der Waals surface area contributed by atoms with E-state index in [2.05, 4.69) is 10.3 Å². The molecule has 1 heterocycles. The van der Waals surface area contributed by atoms with E-state index in [9.17, 15) is 0 Å². The Balaban J connectivity index is 1.93. The number of methoxy groups -OCH3 is 1. The van der Waals surface area contributed by atoms with Gasteiger partial charge in [-0.3, -0.25) is 0 Å². The van der Waals surface area contributed by atoms with Crippen LogP contribution >= 0.6 is 11.3 Å². The molecule has 0 saturated heterocycles. The lowest BCUT2D eigenvalue weighted by Gasteiger charge is -2.04. The van der Waals surface area contributed by atoms with Crippen LogP contribution in [0.3, 0.4) is 0 Å². The van der Waals surface area contributed by atoms with Crippen molar-refractivity contribution in [2.45, 2.75) is 13.5 Å². The lowest BCUT2D eigenvalue weighted by Crippen LogP contribution is -2.19. The van der Waals surface area contributed by atoms with Gasteiger partial charge in [0.25, 0.3) is 0 Å². The summed E-state index contributed by atoms with van der Waals surface area (Å²) in [6.45, 7) is 5.80. The van der Waals surface area contributed by atoms with Crippen molar-refractivity contribution < 1.29 is 9.47 Å². The Morgan fingerprint density at radius 3 is 2.93 bits per heavy atom. The lowest BCUT2D eigenvalue weighted by molar-refractivity contribution is 0.0719. The summed E-state index contributed by atoms with van der Waals surface area (Å²) in [5.74, 6) is 0. The Hall–Kier alpha value is -0.490. The van der Waals surface area contributed by atoms with Gasteiger partial charge in [-0.2, -0.15) is 0 Å². The van der Waals surface area contributed by atoms with Crippen LogP contribution in [0.1, 0.15) is 9.88 Å². The molecule has 0 atom stereocenters. The average Bonchev–Trinajstić information content (AvgIpc) is 2.63. The van der Waals surface area contributed by atoms with Crippen molar-refractivity contribution >= 4 is 11.3 Å². The molecule has 0 aliphatic heterocycles. The molecule has 0 spiro atoms. The van der Waals surface area contributed by atoms with Crippen molar-refractivity contribution in [3.63, 3.8) is 0 Å². The number of nitrogens with zero attached hydrogens (tertiary/aromatic N) is 1. The Morgan fingerprint density at radius 2 is 2.27 bits per heavy atom. The van der Waals surface area contributed by atoms with Gasteiger partial charge in [0.05, 0.1) is 24.8 Å². The molecule has 15 heavy (non-hydrogen) atoms. The molecule has 1 aromatic rings. The van der Waals surface area contributed by atoms with E-state index in [0.717, 1.165) is 24.7 Å². The predicted molar refractivity (Wildman–Crippen MR) is 61.3 cm³/mol. The SMILES string of the molecule is COCCOCCNCc1cnc(C)s1. The summed E-state index contributed by atoms with van der Waals surface area (Å²) in [5, 5.41) is 4.41. The molecule has 0 radical (unpaired) electrons. The van der Waals surface area contributed by atoms with Gasteiger partial charge in [-0.15, -0.1) is 11.3 Å². The first kappa shape index (κ1) is 12.6. The maximum absolute atomic E-state index is 5.32. The van der Waals surface area contributed by atoms with Gasteiger partial charge in [0.2, 0.25) is 0 Å². The molecule has 0 aliphatic carbocycles. The summed E-state index contributed by atoms with van der Waals surface area (Å²) in [6.07, 6.45) is 1.92. The van der Waals surface area contributed by atoms with Crippen molar-refractivity contribution in [1.82, 2.24) is 10.3 Å². The number of nitrogens with one attached hydrogen (secondary N) is 1. The molecule has 1 aromatic heterocycles. The topological polar surface area (TPSA) is 43.4 Å². The van der Waals surface area contributed by atoms with Crippen molar-refractivity contribution in [1.29, 1.82) is 0 Å². The van der Waals surface area contributed by atoms with E-state index in [0.29, 0.717) is 13.2 Å². The predicted octanol–water partition coefficient (Wildman–Crippen LogP) is 1.20. The minimum Gasteiger partial charge on any atom is -0.382 e. The first-order valence-electron chi connectivity index (χ1n) is 5.01. The third-order valence-corrected chi connectivity index (χ3v) is 2.74. The van der Waals surface area contributed by atoms with E-state index in [4.69, 9.17) is 9.47 Å². The molecule has 86 valence electrons. The Labute approximate surface area is 94.6 Å². The lowest BCUT2D eigenvalue weighted by atomic mass is 10.5. The maximum atomic E-state index is 5.32. The van der Waals surface area contributed by atoms with Gasteiger partial charge in [-0.05, 0) is 6.92 Å². The largest absolute Gasteiger partial charge is 0.382 e. The molecule has 0 aliphatic rings. The number of ether oxygens (including phenoxy) is 2. The summed E-state index contributed by atoms with van der Waals surface area (Å²) in [5.41, 5.74) is 0. The van der Waals surface area contributed by atoms with Crippen LogP contribution in [0.4, 0.5) is 0 Å². The van der Waals surface area contributed by atoms with Crippen molar-refractivity contribution in [3.05, 3.63) is 16.1 Å². The van der Waals surface area contributed by atoms with E-state index >= 15 is 0 Å². The fourth-order valence-corrected chi connectivity index (χ4v) is 1.85. The zero-order chi connectivity index (χ0) is 10.9. The highest BCUT2D eigenvalue weighted by molar-refractivity contribution is 7.11. The van der Waals surface area contributed by atoms with Crippen LogP contribution in [-0.2, 0) is 16.0 Å². The standard InChI is InChI=1S/C10H18N2O2S/c1-9-12-8-10(15-9)7-11-3-4-14-6-5-13-2/h8,11H,3-7H2,1-2H3. The number of aryl methyl sites for hydroxylation is 1. The zero-order valence-electron chi connectivity index (χ0n) is 9.28. The highest BCUT2D eigenvalue weighted by Gasteiger charge is 1.96. The molecule has 0 unspecified atom stereocenters. The fourth-order valence-electron chi connectivity index (χ4n) is 1.09. The van der Waals surface area contributed by atoms with Gasteiger partial charge in [0.15, 0.2) is 0 Å². The minimum absolute atomic E-state index is 0.661. The third kappa shape index (κ3) is 5.84. The third-order valence-electron chi connectivity index (χ3n) is 1.82. The highest BCUT2D eigenvalue weighted by atomic mass is 32.1. The second kappa shape index (κ2) is 7.76. The molecule has 0 fully saturated rings. The van der Waals surface area contributed by atoms with Crippen molar-refractivity contribution in [2.24, 2.45) is 0 Å². The van der Waals surface area contributed by atoms with Gasteiger partial charge in [-0.25, -0.2) is 4.98 Å². The number of rotatable bonds is 8. The van der Waals surface area contributed by atoms with Gasteiger partial charge in [0, 0.05) is 31.3 Å². The van der Waals surface area contributed by atoms with Crippen LogP contribution in [0.25, 0.3) is 0 Å². The van der Waals surface area contributed by atoms with Crippen LogP contribution in [0.2, 0.25) is 0 Å². The van der Waals surface area contributed by atoms with Gasteiger partial charge in [0.1, 0.15) is 0 Å². The summed E-state index contributed by atoms with van der Waals surface area (Å²) < 4.78 is 10.2. The second-order valence-corrected chi connectivity index (χ2v) is 4.45. The molecular weight excluding hydrogens is 212 g/mol. The normalized spacial score (nSPS) is 10.8. The van der Waals surface area contributed by atoms with Crippen LogP contribution in [0.5, 0.6) is 0 Å². The molecule has 5 heteroatoms. The monoisotopic (exact) mass is 230 g/mol. The first-order chi connectivity index (χ1) is 7.33. The van der Waals surface area contributed by atoms with E-state index in [1.165, 1.54) is 4.88 Å². The fraction of sp³-hybridized carbons (Fsp3) is 0.700. The highest BCUT2D eigenvalue weighted by Crippen LogP contribution is 2.10. The Kier molecular flexibility index (Phi) is 6.50. The molecule has 1 rings (SSSR count). The quantitative estimate of drug-likeness (QED) is 0.682. The number of aromatic nitrogens is 1.